The molecule has 14 aromatic carbocycles. The minimum absolute atomic E-state index is 0.850. The minimum atomic E-state index is 0.850. The average molecular weight is 1150 g/mol. The van der Waals surface area contributed by atoms with E-state index in [1.54, 1.807) is 0 Å². The van der Waals surface area contributed by atoms with Crippen molar-refractivity contribution in [2.75, 3.05) is 0 Å². The molecule has 0 atom stereocenters. The van der Waals surface area contributed by atoms with Gasteiger partial charge >= 0.3 is 0 Å². The first-order valence-electron chi connectivity index (χ1n) is 30.8. The van der Waals surface area contributed by atoms with E-state index in [4.69, 9.17) is 8.83 Å². The Bertz CT molecular complexity index is 6380. The summed E-state index contributed by atoms with van der Waals surface area (Å²) >= 11 is 0. The van der Waals surface area contributed by atoms with Crippen LogP contribution in [0.2, 0.25) is 0 Å². The number of rotatable bonds is 7. The quantitative estimate of drug-likeness (QED) is 0.160. The molecule has 0 aliphatic rings. The van der Waals surface area contributed by atoms with Crippen molar-refractivity contribution in [3.8, 4) is 56.1 Å². The molecule has 20 aromatic rings. The van der Waals surface area contributed by atoms with Crippen LogP contribution in [0, 0.1) is 0 Å². The Morgan fingerprint density at radius 1 is 0.200 bits per heavy atom. The SMILES string of the molecule is c1ccc(-c2ccc(-n3c4ccccc4c4c3ccc3c5ccccc5n(-c5ccc6c(c5)oc5cc(-c7cccc(-c8ccc(-n9c%10ccccc%10c%10c9ccc9c%11ccccc%11n(-c%11cccc%12c%11oc%11ccccc%11%12)c9%10)cc8)c7)ccc56)c34)cc2)cc1. The van der Waals surface area contributed by atoms with E-state index in [-0.39, 0.29) is 0 Å². The third-order valence-electron chi connectivity index (χ3n) is 19.2. The van der Waals surface area contributed by atoms with Gasteiger partial charge in [0, 0.05) is 87.8 Å². The van der Waals surface area contributed by atoms with E-state index in [2.05, 4.69) is 316 Å². The van der Waals surface area contributed by atoms with Crippen LogP contribution in [0.3, 0.4) is 0 Å². The van der Waals surface area contributed by atoms with Crippen molar-refractivity contribution in [1.29, 1.82) is 0 Å². The first kappa shape index (κ1) is 49.0. The predicted molar refractivity (Wildman–Crippen MR) is 375 cm³/mol. The van der Waals surface area contributed by atoms with Crippen LogP contribution in [0.5, 0.6) is 0 Å². The summed E-state index contributed by atoms with van der Waals surface area (Å²) in [4.78, 5) is 0. The normalized spacial score (nSPS) is 12.2. The number of hydrogen-bond acceptors (Lipinski definition) is 2. The van der Waals surface area contributed by atoms with Gasteiger partial charge in [0.15, 0.2) is 5.58 Å². The van der Waals surface area contributed by atoms with Gasteiger partial charge in [-0.2, -0.15) is 0 Å². The zero-order chi connectivity index (χ0) is 58.7. The molecule has 6 nitrogen and oxygen atoms in total. The van der Waals surface area contributed by atoms with E-state index >= 15 is 0 Å². The Kier molecular flexibility index (Phi) is 10.2. The second-order valence-electron chi connectivity index (χ2n) is 23.9. The van der Waals surface area contributed by atoms with Gasteiger partial charge in [-0.3, -0.25) is 0 Å². The first-order valence-corrected chi connectivity index (χ1v) is 30.8. The highest BCUT2D eigenvalue weighted by Crippen LogP contribution is 2.47. The maximum Gasteiger partial charge on any atom is 0.159 e. The average Bonchev–Trinajstić information content (AvgIpc) is 1.57. The van der Waals surface area contributed by atoms with E-state index in [0.29, 0.717) is 0 Å². The standard InChI is InChI=1S/C84H50N4O2/c1-2-16-51(17-3-1)52-32-37-57(38-33-52)85-72-28-11-6-23-68(72)80-74(85)46-44-65-60-20-4-9-26-70(60)87(82(65)80)59-41-43-64-63-42-36-56(49-78(63)89-79(64)50-59)55-19-14-18-54(48-55)53-34-39-58(40-35-53)86-73-29-12-7-24-69(73)81-75(86)47-45-66-61-21-5-10-27-71(61)88(83(66)81)76-30-15-25-67-62-22-8-13-31-77(62)90-84(67)76/h1-50H. The van der Waals surface area contributed by atoms with E-state index in [1.165, 1.54) is 70.8 Å². The number of benzene rings is 14. The van der Waals surface area contributed by atoms with Crippen LogP contribution in [-0.2, 0) is 0 Å². The van der Waals surface area contributed by atoms with Gasteiger partial charge in [0.2, 0.25) is 0 Å². The Hall–Kier alpha value is -12.1. The Morgan fingerprint density at radius 2 is 0.611 bits per heavy atom. The number of aromatic nitrogens is 4. The molecule has 0 N–H and O–H groups in total. The third kappa shape index (κ3) is 6.98. The Morgan fingerprint density at radius 3 is 1.26 bits per heavy atom. The number of para-hydroxylation sites is 6. The zero-order valence-electron chi connectivity index (χ0n) is 48.5. The third-order valence-corrected chi connectivity index (χ3v) is 19.2. The maximum atomic E-state index is 6.93. The fourth-order valence-electron chi connectivity index (χ4n) is 15.2. The van der Waals surface area contributed by atoms with Crippen molar-refractivity contribution in [1.82, 2.24) is 18.3 Å². The summed E-state index contributed by atoms with van der Waals surface area (Å²) in [6.45, 7) is 0. The van der Waals surface area contributed by atoms with Crippen molar-refractivity contribution in [2.24, 2.45) is 0 Å². The summed E-state index contributed by atoms with van der Waals surface area (Å²) in [5.41, 5.74) is 24.0. The number of hydrogen-bond donors (Lipinski definition) is 0. The molecule has 6 heteroatoms. The van der Waals surface area contributed by atoms with Gasteiger partial charge in [-0.05, 0) is 137 Å². The number of nitrogens with zero attached hydrogens (tertiary/aromatic N) is 4. The molecule has 0 amide bonds. The first-order chi connectivity index (χ1) is 44.6. The Labute approximate surface area is 514 Å². The molecule has 0 saturated carbocycles. The van der Waals surface area contributed by atoms with Crippen LogP contribution in [0.25, 0.3) is 187 Å². The van der Waals surface area contributed by atoms with Crippen molar-refractivity contribution < 1.29 is 8.83 Å². The van der Waals surface area contributed by atoms with Crippen molar-refractivity contribution in [3.63, 3.8) is 0 Å². The number of fused-ring (bicyclic) bond motifs is 20. The van der Waals surface area contributed by atoms with Crippen molar-refractivity contribution in [2.45, 2.75) is 0 Å². The lowest BCUT2D eigenvalue weighted by molar-refractivity contribution is 0.666. The summed E-state index contributed by atoms with van der Waals surface area (Å²) in [6, 6.07) is 110. The van der Waals surface area contributed by atoms with E-state index in [1.807, 2.05) is 6.07 Å². The van der Waals surface area contributed by atoms with Gasteiger partial charge < -0.3 is 27.1 Å². The van der Waals surface area contributed by atoms with Crippen molar-refractivity contribution >= 4 is 131 Å². The van der Waals surface area contributed by atoms with Gasteiger partial charge in [0.05, 0.1) is 49.8 Å². The molecular weight excluding hydrogens is 1100 g/mol. The second kappa shape index (κ2) is 18.7. The topological polar surface area (TPSA) is 46.0 Å². The fraction of sp³-hybridized carbons (Fsp3) is 0. The summed E-state index contributed by atoms with van der Waals surface area (Å²) in [7, 11) is 0. The monoisotopic (exact) mass is 1150 g/mol. The molecule has 6 heterocycles. The summed E-state index contributed by atoms with van der Waals surface area (Å²) in [6.07, 6.45) is 0. The van der Waals surface area contributed by atoms with E-state index in [0.717, 1.165) is 116 Å². The van der Waals surface area contributed by atoms with Crippen LogP contribution in [-0.4, -0.2) is 18.3 Å². The summed E-state index contributed by atoms with van der Waals surface area (Å²) < 4.78 is 23.4. The molecule has 0 unspecified atom stereocenters. The molecule has 0 spiro atoms. The maximum absolute atomic E-state index is 6.93. The Balaban J connectivity index is 0.666. The summed E-state index contributed by atoms with van der Waals surface area (Å²) in [5, 5.41) is 14.1. The molecule has 0 aliphatic heterocycles. The van der Waals surface area contributed by atoms with Gasteiger partial charge in [-0.1, -0.05) is 194 Å². The molecule has 90 heavy (non-hydrogen) atoms. The van der Waals surface area contributed by atoms with Crippen LogP contribution in [0.15, 0.2) is 312 Å². The highest BCUT2D eigenvalue weighted by atomic mass is 16.3. The smallest absolute Gasteiger partial charge is 0.159 e. The lowest BCUT2D eigenvalue weighted by Crippen LogP contribution is -1.96. The molecule has 6 aromatic heterocycles. The molecule has 0 aliphatic carbocycles. The lowest BCUT2D eigenvalue weighted by atomic mass is 9.98. The minimum Gasteiger partial charge on any atom is -0.456 e. The largest absolute Gasteiger partial charge is 0.456 e. The summed E-state index contributed by atoms with van der Waals surface area (Å²) in [5.74, 6) is 0. The highest BCUT2D eigenvalue weighted by Gasteiger charge is 2.25. The van der Waals surface area contributed by atoms with Crippen LogP contribution in [0.4, 0.5) is 0 Å². The zero-order valence-corrected chi connectivity index (χ0v) is 48.5. The lowest BCUT2D eigenvalue weighted by Gasteiger charge is -2.11. The fourth-order valence-corrected chi connectivity index (χ4v) is 15.2. The van der Waals surface area contributed by atoms with Gasteiger partial charge in [-0.25, -0.2) is 0 Å². The predicted octanol–water partition coefficient (Wildman–Crippen LogP) is 22.9. The van der Waals surface area contributed by atoms with E-state index < -0.39 is 0 Å². The van der Waals surface area contributed by atoms with Crippen LogP contribution in [0.1, 0.15) is 0 Å². The van der Waals surface area contributed by atoms with Crippen LogP contribution < -0.4 is 0 Å². The molecule has 20 rings (SSSR count). The van der Waals surface area contributed by atoms with Crippen molar-refractivity contribution in [3.05, 3.63) is 303 Å². The molecule has 0 fully saturated rings. The molecule has 0 bridgehead atoms. The molecule has 0 radical (unpaired) electrons. The second-order valence-corrected chi connectivity index (χ2v) is 23.9. The molecular formula is C84H50N4O2. The van der Waals surface area contributed by atoms with E-state index in [9.17, 15) is 0 Å². The highest BCUT2D eigenvalue weighted by molar-refractivity contribution is 6.28. The number of furan rings is 2. The van der Waals surface area contributed by atoms with Gasteiger partial charge in [0.1, 0.15) is 16.7 Å². The molecule has 0 saturated heterocycles. The van der Waals surface area contributed by atoms with Crippen LogP contribution >= 0.6 is 0 Å². The van der Waals surface area contributed by atoms with Gasteiger partial charge in [-0.15, -0.1) is 0 Å². The molecule has 418 valence electrons. The van der Waals surface area contributed by atoms with Gasteiger partial charge in [0.25, 0.3) is 0 Å².